The fourth-order valence-corrected chi connectivity index (χ4v) is 14.8. The molecule has 2 aliphatic carbocycles. The van der Waals surface area contributed by atoms with Gasteiger partial charge in [-0.25, -0.2) is 4.79 Å². The Morgan fingerprint density at radius 1 is 0.733 bits per heavy atom. The molecule has 105 heavy (non-hydrogen) atoms. The number of hydrogen-bond acceptors (Lipinski definition) is 16. The summed E-state index contributed by atoms with van der Waals surface area (Å²) in [5.41, 5.74) is -1.12. The van der Waals surface area contributed by atoms with E-state index in [9.17, 15) is 41.9 Å². The first-order chi connectivity index (χ1) is 49.5. The van der Waals surface area contributed by atoms with Crippen LogP contribution in [0.15, 0.2) is 54.6 Å². The second kappa shape index (κ2) is 36.6. The van der Waals surface area contributed by atoms with Crippen LogP contribution >= 0.6 is 0 Å². The van der Waals surface area contributed by atoms with Gasteiger partial charge in [0.2, 0.25) is 59.1 Å². The number of fused-ring (bicyclic) bond motifs is 3. The molecule has 3 heterocycles. The zero-order chi connectivity index (χ0) is 77.7. The maximum Gasteiger partial charge on any atom is 0.419 e. The summed E-state index contributed by atoms with van der Waals surface area (Å²) in [6.07, 6.45) is -1.01. The minimum atomic E-state index is -4.79. The second-order valence-electron chi connectivity index (χ2n) is 29.0. The number of carbonyl (C=O) groups excluding carboxylic acids is 12. The fraction of sp³-hybridized carbons (Fsp3) is 0.653. The van der Waals surface area contributed by atoms with E-state index in [4.69, 9.17) is 18.9 Å². The number of likely N-dealkylation sites (N-methyl/N-ethyl adjacent to an activating group) is 7. The van der Waals surface area contributed by atoms with Crippen molar-refractivity contribution in [3.63, 3.8) is 0 Å². The Morgan fingerprint density at radius 2 is 1.38 bits per heavy atom. The molecule has 4 fully saturated rings. The number of esters is 1. The molecular weight excluding hydrogens is 1370 g/mol. The lowest BCUT2D eigenvalue weighted by molar-refractivity contribution is -0.190. The lowest BCUT2D eigenvalue weighted by atomic mass is 9.78. The highest BCUT2D eigenvalue weighted by molar-refractivity contribution is 6.00. The largest absolute Gasteiger partial charge is 0.496 e. The monoisotopic (exact) mass is 1480 g/mol. The van der Waals surface area contributed by atoms with Crippen molar-refractivity contribution in [3.8, 4) is 5.75 Å². The maximum absolute atomic E-state index is 15.5. The van der Waals surface area contributed by atoms with Gasteiger partial charge in [-0.05, 0) is 114 Å². The number of nitrogens with zero attached hydrogens (tertiary/aromatic N) is 9. The van der Waals surface area contributed by atoms with Crippen LogP contribution in [0.1, 0.15) is 133 Å². The first-order valence-corrected chi connectivity index (χ1v) is 36.3. The molecule has 2 N–H and O–H groups in total. The van der Waals surface area contributed by atoms with Gasteiger partial charge in [-0.3, -0.25) is 52.7 Å². The topological polar surface area (TPSA) is 295 Å². The van der Waals surface area contributed by atoms with Crippen molar-refractivity contribution in [1.29, 1.82) is 0 Å². The van der Waals surface area contributed by atoms with E-state index in [1.165, 1.54) is 101 Å². The van der Waals surface area contributed by atoms with Crippen LogP contribution in [0, 0.1) is 18.8 Å². The van der Waals surface area contributed by atoms with E-state index < -0.39 is 186 Å². The number of hydrogen-bond donors (Lipinski definition) is 2. The zero-order valence-electron chi connectivity index (χ0n) is 63.5. The Hall–Kier alpha value is -8.67. The van der Waals surface area contributed by atoms with Gasteiger partial charge in [0.15, 0.2) is 5.60 Å². The number of benzene rings is 2. The molecule has 2 aromatic rings. The summed E-state index contributed by atoms with van der Waals surface area (Å²) >= 11 is 0. The summed E-state index contributed by atoms with van der Waals surface area (Å²) in [6.45, 7) is 7.21. The Kier molecular flexibility index (Phi) is 29.1. The van der Waals surface area contributed by atoms with Crippen LogP contribution in [0.3, 0.4) is 0 Å². The van der Waals surface area contributed by atoms with Crippen LogP contribution in [0.25, 0.3) is 0 Å². The van der Waals surface area contributed by atoms with Crippen molar-refractivity contribution in [2.75, 3.05) is 103 Å². The minimum absolute atomic E-state index is 0.00667. The fourth-order valence-electron chi connectivity index (χ4n) is 14.8. The van der Waals surface area contributed by atoms with Gasteiger partial charge in [0.1, 0.15) is 54.1 Å². The molecule has 27 nitrogen and oxygen atoms in total. The molecule has 0 aromatic heterocycles. The van der Waals surface area contributed by atoms with E-state index >= 15 is 28.8 Å². The van der Waals surface area contributed by atoms with Crippen molar-refractivity contribution in [2.24, 2.45) is 11.8 Å². The van der Waals surface area contributed by atoms with Crippen LogP contribution in [0.4, 0.5) is 13.2 Å². The number of halogens is 3. The van der Waals surface area contributed by atoms with E-state index in [2.05, 4.69) is 10.6 Å². The SMILES string of the molecule is CCO[C@@H]1C[C@H]2C(=O)OC3(CCC3)C(=O)N(C)[C@@H](C3CCCC3)C(=O)N(C)[C@H](C(=O)N(C)C)CC(=O)N(C)[C@@H]([C@@H](C)OC)C(=O)N[C@@H]([C@@H](C)CC)C(=O)N(C)CC(=O)N(C)[C@@H]3C/C=C\CCN(C3=O)[C@@H](Cc3ccc(C)cc3)C(=O)N(C)CC(=O)N[C@@H](CCc3ccc(C(F)(F)F)c(OC)c3)C(=O)N2C1. The molecular formula is C75H108F3N11O16. The van der Waals surface area contributed by atoms with Gasteiger partial charge in [0.05, 0.1) is 44.4 Å². The number of methoxy groups -OCH3 is 2. The Labute approximate surface area is 614 Å². The lowest BCUT2D eigenvalue weighted by Gasteiger charge is -2.45. The number of alkyl halides is 3. The molecule has 30 heteroatoms. The Bertz CT molecular complexity index is 3510. The minimum Gasteiger partial charge on any atom is -0.496 e. The Morgan fingerprint density at radius 3 is 1.97 bits per heavy atom. The smallest absolute Gasteiger partial charge is 0.419 e. The highest BCUT2D eigenvalue weighted by atomic mass is 19.4. The molecule has 11 amide bonds. The van der Waals surface area contributed by atoms with Crippen LogP contribution in [-0.4, -0.2) is 285 Å². The van der Waals surface area contributed by atoms with Crippen molar-refractivity contribution < 1.29 is 89.7 Å². The van der Waals surface area contributed by atoms with Gasteiger partial charge < -0.3 is 73.7 Å². The van der Waals surface area contributed by atoms with Gasteiger partial charge in [-0.15, -0.1) is 0 Å². The van der Waals surface area contributed by atoms with Crippen LogP contribution in [-0.2, 0) is 90.8 Å². The molecule has 11 atom stereocenters. The number of nitrogens with one attached hydrogen (secondary N) is 2. The molecule has 2 bridgehead atoms. The predicted octanol–water partition coefficient (Wildman–Crippen LogP) is 4.17. The molecule has 1 spiro atoms. The van der Waals surface area contributed by atoms with Crippen molar-refractivity contribution in [2.45, 2.75) is 203 Å². The second-order valence-corrected chi connectivity index (χ2v) is 29.0. The van der Waals surface area contributed by atoms with Crippen LogP contribution < -0.4 is 15.4 Å². The van der Waals surface area contributed by atoms with Gasteiger partial charge >= 0.3 is 12.1 Å². The summed E-state index contributed by atoms with van der Waals surface area (Å²) < 4.78 is 65.7. The van der Waals surface area contributed by atoms with Gasteiger partial charge in [-0.1, -0.05) is 81.2 Å². The third-order valence-corrected chi connectivity index (χ3v) is 21.6. The Balaban J connectivity index is 1.34. The number of carbonyl (C=O) groups is 12. The molecule has 580 valence electrons. The maximum atomic E-state index is 15.5. The molecule has 2 saturated heterocycles. The third kappa shape index (κ3) is 19.9. The van der Waals surface area contributed by atoms with E-state index in [1.807, 2.05) is 19.1 Å². The summed E-state index contributed by atoms with van der Waals surface area (Å²) in [5.74, 6) is -10.8. The van der Waals surface area contributed by atoms with E-state index in [0.717, 1.165) is 44.4 Å². The molecule has 0 radical (unpaired) electrons. The third-order valence-electron chi connectivity index (χ3n) is 21.6. The quantitative estimate of drug-likeness (QED) is 0.198. The van der Waals surface area contributed by atoms with Crippen LogP contribution in [0.2, 0.25) is 0 Å². The summed E-state index contributed by atoms with van der Waals surface area (Å²) in [7, 11) is 13.5. The summed E-state index contributed by atoms with van der Waals surface area (Å²) in [6, 6.07) is -0.675. The molecule has 7 rings (SSSR count). The molecule has 3 aliphatic heterocycles. The molecule has 2 saturated carbocycles. The summed E-state index contributed by atoms with van der Waals surface area (Å²) in [4.78, 5) is 191. The normalized spacial score (nSPS) is 26.5. The van der Waals surface area contributed by atoms with E-state index in [1.54, 1.807) is 45.1 Å². The summed E-state index contributed by atoms with van der Waals surface area (Å²) in [5, 5.41) is 5.59. The van der Waals surface area contributed by atoms with E-state index in [0.29, 0.717) is 44.1 Å². The van der Waals surface area contributed by atoms with E-state index in [-0.39, 0.29) is 76.6 Å². The molecule has 0 unspecified atom stereocenters. The number of amides is 11. The van der Waals surface area contributed by atoms with Crippen molar-refractivity contribution >= 4 is 70.9 Å². The molecule has 2 aromatic carbocycles. The lowest BCUT2D eigenvalue weighted by Crippen LogP contribution is -2.63. The number of rotatable bonds is 14. The average molecular weight is 1480 g/mol. The van der Waals surface area contributed by atoms with Gasteiger partial charge in [0, 0.05) is 96.0 Å². The highest BCUT2D eigenvalue weighted by Crippen LogP contribution is 2.42. The van der Waals surface area contributed by atoms with Gasteiger partial charge in [-0.2, -0.15) is 13.2 Å². The highest BCUT2D eigenvalue weighted by Gasteiger charge is 2.55. The first-order valence-electron chi connectivity index (χ1n) is 36.3. The van der Waals surface area contributed by atoms with Crippen LogP contribution in [0.5, 0.6) is 5.75 Å². The first kappa shape index (κ1) is 83.6. The zero-order valence-corrected chi connectivity index (χ0v) is 63.5. The standard InChI is InChI=1S/C75H108F3N11O16/c1-16-46(4)62-70(98)83(9)44-61(92)84(10)54-26-19-18-22-37-88(69(54)97)56(38-48-29-27-45(3)28-30-48)68(96)82(8)43-59(90)79-53(34-32-49-31-33-52(75(76,77)78)58(39-49)103-15)66(94)89-42-51(104-17-2)40-57(89)72(100)105-74(35-23-36-74)73(101)87(13)64(50-24-20-21-25-50)71(99)85(11)55(67(95)81(6)7)41-60(91)86(12)63(47(5)102-14)65(93)80-62/h18-19,27-31,33,39,46-47,50-51,53-57,62-64H,16-17,20-26,32,34-38,40-44H2,1-15H3,(H,79,90)(H,80,93)/b19-18-/t46-,47+,51+,53-,54+,55-,56-,57-,62-,63-,64-/m0/s1. The number of ether oxygens (including phenoxy) is 4. The number of aryl methyl sites for hydroxylation is 2. The van der Waals surface area contributed by atoms with Gasteiger partial charge in [0.25, 0.3) is 5.91 Å². The van der Waals surface area contributed by atoms with Crippen molar-refractivity contribution in [1.82, 2.24) is 54.7 Å². The predicted molar refractivity (Wildman–Crippen MR) is 380 cm³/mol. The van der Waals surface area contributed by atoms with Crippen molar-refractivity contribution in [3.05, 3.63) is 76.9 Å². The molecule has 5 aliphatic rings. The average Bonchev–Trinajstić information content (AvgIpc) is 0.965.